The van der Waals surface area contributed by atoms with Gasteiger partial charge in [0.05, 0.1) is 5.69 Å². The van der Waals surface area contributed by atoms with E-state index in [1.165, 1.54) is 0 Å². The third-order valence-corrected chi connectivity index (χ3v) is 3.20. The molecule has 0 aromatic carbocycles. The third-order valence-electron chi connectivity index (χ3n) is 2.81. The summed E-state index contributed by atoms with van der Waals surface area (Å²) in [6.07, 6.45) is 0.879. The number of hydrogen-bond acceptors (Lipinski definition) is 2. The van der Waals surface area contributed by atoms with Crippen LogP contribution >= 0.6 is 11.6 Å². The van der Waals surface area contributed by atoms with Crippen LogP contribution in [-0.2, 0) is 6.42 Å². The Balaban J connectivity index is 2.73. The summed E-state index contributed by atoms with van der Waals surface area (Å²) in [5.74, 6) is 0.392. The Morgan fingerprint density at radius 2 is 2.12 bits per heavy atom. The number of rotatable bonds is 2. The highest BCUT2D eigenvalue weighted by atomic mass is 35.5. The van der Waals surface area contributed by atoms with E-state index < -0.39 is 0 Å². The third kappa shape index (κ3) is 1.69. The summed E-state index contributed by atoms with van der Waals surface area (Å²) in [5, 5.41) is 5.18. The molecular formula is C12H16ClN3. The van der Waals surface area contributed by atoms with Crippen molar-refractivity contribution in [2.45, 2.75) is 40.0 Å². The minimum atomic E-state index is 0.392. The van der Waals surface area contributed by atoms with Crippen LogP contribution in [0.4, 0.5) is 0 Å². The molecule has 2 aromatic rings. The van der Waals surface area contributed by atoms with E-state index in [1.54, 1.807) is 4.52 Å². The molecule has 0 saturated carbocycles. The Morgan fingerprint density at radius 3 is 2.69 bits per heavy atom. The highest BCUT2D eigenvalue weighted by molar-refractivity contribution is 6.30. The summed E-state index contributed by atoms with van der Waals surface area (Å²) in [4.78, 5) is 4.53. The number of aryl methyl sites for hydroxylation is 1. The fourth-order valence-corrected chi connectivity index (χ4v) is 2.21. The molecule has 0 amide bonds. The molecule has 2 rings (SSSR count). The lowest BCUT2D eigenvalue weighted by Crippen LogP contribution is -2.01. The average Bonchev–Trinajstić information content (AvgIpc) is 2.62. The van der Waals surface area contributed by atoms with E-state index in [4.69, 9.17) is 11.6 Å². The van der Waals surface area contributed by atoms with Crippen molar-refractivity contribution in [2.24, 2.45) is 0 Å². The lowest BCUT2D eigenvalue weighted by atomic mass is 10.1. The summed E-state index contributed by atoms with van der Waals surface area (Å²) >= 11 is 6.33. The summed E-state index contributed by atoms with van der Waals surface area (Å²) in [7, 11) is 0. The van der Waals surface area contributed by atoms with Crippen molar-refractivity contribution in [1.82, 2.24) is 14.6 Å². The van der Waals surface area contributed by atoms with Gasteiger partial charge in [0, 0.05) is 17.3 Å². The molecule has 0 bridgehead atoms. The van der Waals surface area contributed by atoms with Gasteiger partial charge in [0.2, 0.25) is 0 Å². The number of fused-ring (bicyclic) bond motifs is 1. The zero-order valence-electron chi connectivity index (χ0n) is 10.1. The first-order valence-electron chi connectivity index (χ1n) is 5.59. The summed E-state index contributed by atoms with van der Waals surface area (Å²) < 4.78 is 1.74. The average molecular weight is 238 g/mol. The summed E-state index contributed by atoms with van der Waals surface area (Å²) in [6, 6.07) is 2.00. The van der Waals surface area contributed by atoms with Crippen molar-refractivity contribution in [1.29, 1.82) is 0 Å². The molecule has 16 heavy (non-hydrogen) atoms. The molecule has 0 fully saturated rings. The van der Waals surface area contributed by atoms with E-state index in [0.29, 0.717) is 11.1 Å². The molecule has 2 heterocycles. The van der Waals surface area contributed by atoms with E-state index in [1.807, 2.05) is 13.0 Å². The molecule has 0 spiro atoms. The van der Waals surface area contributed by atoms with Crippen molar-refractivity contribution in [3.8, 4) is 0 Å². The number of nitrogens with zero attached hydrogens (tertiary/aromatic N) is 3. The number of hydrogen-bond donors (Lipinski definition) is 0. The van der Waals surface area contributed by atoms with Gasteiger partial charge in [-0.3, -0.25) is 0 Å². The molecule has 0 aliphatic carbocycles. The van der Waals surface area contributed by atoms with Crippen LogP contribution in [0.1, 0.15) is 43.6 Å². The second-order valence-corrected chi connectivity index (χ2v) is 4.67. The molecule has 0 aliphatic rings. The lowest BCUT2D eigenvalue weighted by molar-refractivity contribution is 0.781. The van der Waals surface area contributed by atoms with Crippen LogP contribution < -0.4 is 0 Å². The molecule has 0 N–H and O–H groups in total. The van der Waals surface area contributed by atoms with Crippen LogP contribution in [0.2, 0.25) is 5.15 Å². The van der Waals surface area contributed by atoms with Crippen LogP contribution in [-0.4, -0.2) is 14.6 Å². The van der Waals surface area contributed by atoms with Gasteiger partial charge in [-0.15, -0.1) is 0 Å². The van der Waals surface area contributed by atoms with E-state index in [0.717, 1.165) is 29.0 Å². The van der Waals surface area contributed by atoms with Gasteiger partial charge in [0.1, 0.15) is 5.15 Å². The number of halogens is 1. The van der Waals surface area contributed by atoms with Gasteiger partial charge in [-0.25, -0.2) is 9.50 Å². The van der Waals surface area contributed by atoms with Crippen LogP contribution in [0, 0.1) is 6.92 Å². The van der Waals surface area contributed by atoms with Gasteiger partial charge >= 0.3 is 0 Å². The SMILES string of the molecule is CCc1c(C)nc2cc(C(C)C)nn2c1Cl. The van der Waals surface area contributed by atoms with Crippen molar-refractivity contribution in [3.63, 3.8) is 0 Å². The molecular weight excluding hydrogens is 222 g/mol. The van der Waals surface area contributed by atoms with Crippen molar-refractivity contribution in [3.05, 3.63) is 28.2 Å². The Hall–Kier alpha value is -1.09. The maximum absolute atomic E-state index is 6.33. The maximum Gasteiger partial charge on any atom is 0.157 e. The second-order valence-electron chi connectivity index (χ2n) is 4.31. The first kappa shape index (κ1) is 11.4. The van der Waals surface area contributed by atoms with Crippen LogP contribution in [0.3, 0.4) is 0 Å². The predicted molar refractivity (Wildman–Crippen MR) is 66.2 cm³/mol. The fourth-order valence-electron chi connectivity index (χ4n) is 1.81. The Morgan fingerprint density at radius 1 is 1.44 bits per heavy atom. The van der Waals surface area contributed by atoms with Crippen molar-refractivity contribution in [2.75, 3.05) is 0 Å². The smallest absolute Gasteiger partial charge is 0.157 e. The largest absolute Gasteiger partial charge is 0.233 e. The molecule has 4 heteroatoms. The molecule has 0 saturated heterocycles. The minimum Gasteiger partial charge on any atom is -0.233 e. The monoisotopic (exact) mass is 237 g/mol. The lowest BCUT2D eigenvalue weighted by Gasteiger charge is -2.06. The first-order valence-corrected chi connectivity index (χ1v) is 5.97. The molecule has 0 atom stereocenters. The molecule has 0 unspecified atom stereocenters. The van der Waals surface area contributed by atoms with Gasteiger partial charge in [-0.05, 0) is 19.3 Å². The highest BCUT2D eigenvalue weighted by Crippen LogP contribution is 2.23. The summed E-state index contributed by atoms with van der Waals surface area (Å²) in [6.45, 7) is 8.30. The standard InChI is InChI=1S/C12H16ClN3/c1-5-9-8(4)14-11-6-10(7(2)3)15-16(11)12(9)13/h6-7H,5H2,1-4H3. The summed E-state index contributed by atoms with van der Waals surface area (Å²) in [5.41, 5.74) is 3.94. The van der Waals surface area contributed by atoms with Gasteiger partial charge in [0.15, 0.2) is 5.65 Å². The van der Waals surface area contributed by atoms with Gasteiger partial charge in [0.25, 0.3) is 0 Å². The number of aromatic nitrogens is 3. The van der Waals surface area contributed by atoms with E-state index in [-0.39, 0.29) is 0 Å². The molecule has 0 aliphatic heterocycles. The van der Waals surface area contributed by atoms with E-state index in [9.17, 15) is 0 Å². The maximum atomic E-state index is 6.33. The van der Waals surface area contributed by atoms with Gasteiger partial charge in [-0.2, -0.15) is 5.10 Å². The van der Waals surface area contributed by atoms with Crippen molar-refractivity contribution >= 4 is 17.2 Å². The Labute approximate surface area is 100 Å². The molecule has 2 aromatic heterocycles. The first-order chi connectivity index (χ1) is 7.54. The second kappa shape index (κ2) is 4.06. The van der Waals surface area contributed by atoms with Crippen LogP contribution in [0.5, 0.6) is 0 Å². The molecule has 86 valence electrons. The fraction of sp³-hybridized carbons (Fsp3) is 0.500. The minimum absolute atomic E-state index is 0.392. The zero-order valence-corrected chi connectivity index (χ0v) is 10.8. The molecule has 3 nitrogen and oxygen atoms in total. The van der Waals surface area contributed by atoms with E-state index >= 15 is 0 Å². The molecule has 0 radical (unpaired) electrons. The van der Waals surface area contributed by atoms with E-state index in [2.05, 4.69) is 30.9 Å². The predicted octanol–water partition coefficient (Wildman–Crippen LogP) is 3.38. The van der Waals surface area contributed by atoms with Crippen LogP contribution in [0.25, 0.3) is 5.65 Å². The normalized spacial score (nSPS) is 11.6. The van der Waals surface area contributed by atoms with Gasteiger partial charge in [-0.1, -0.05) is 32.4 Å². The highest BCUT2D eigenvalue weighted by Gasteiger charge is 2.13. The van der Waals surface area contributed by atoms with Crippen LogP contribution in [0.15, 0.2) is 6.07 Å². The topological polar surface area (TPSA) is 30.2 Å². The Bertz CT molecular complexity index is 529. The quantitative estimate of drug-likeness (QED) is 0.750. The zero-order chi connectivity index (χ0) is 11.9. The Kier molecular flexibility index (Phi) is 2.89. The van der Waals surface area contributed by atoms with Crippen molar-refractivity contribution < 1.29 is 0 Å². The van der Waals surface area contributed by atoms with Gasteiger partial charge < -0.3 is 0 Å².